The summed E-state index contributed by atoms with van der Waals surface area (Å²) in [6, 6.07) is 12.1. The monoisotopic (exact) mass is 369 g/mol. The average Bonchev–Trinajstić information content (AvgIpc) is 2.59. The molecule has 5 nitrogen and oxygen atoms in total. The molecule has 130 valence electrons. The number of nitrogens with one attached hydrogen (secondary N) is 1. The summed E-state index contributed by atoms with van der Waals surface area (Å²) in [6.45, 7) is 2.43. The Morgan fingerprint density at radius 2 is 1.83 bits per heavy atom. The number of ether oxygens (including phenoxy) is 2. The molecular weight excluding hydrogens is 350 g/mol. The Bertz CT molecular complexity index is 776. The zero-order valence-corrected chi connectivity index (χ0v) is 15.2. The molecule has 24 heavy (non-hydrogen) atoms. The topological polar surface area (TPSA) is 64.6 Å². The van der Waals surface area contributed by atoms with Crippen molar-refractivity contribution in [3.05, 3.63) is 53.1 Å². The van der Waals surface area contributed by atoms with Crippen LogP contribution in [0.4, 0.5) is 0 Å². The highest BCUT2D eigenvalue weighted by Gasteiger charge is 2.19. The van der Waals surface area contributed by atoms with Crippen LogP contribution in [0.1, 0.15) is 12.5 Å². The van der Waals surface area contributed by atoms with Crippen molar-refractivity contribution in [1.29, 1.82) is 0 Å². The van der Waals surface area contributed by atoms with Crippen molar-refractivity contribution < 1.29 is 17.9 Å². The van der Waals surface area contributed by atoms with E-state index in [0.29, 0.717) is 10.8 Å². The summed E-state index contributed by atoms with van der Waals surface area (Å²) >= 11 is 5.87. The van der Waals surface area contributed by atoms with Crippen LogP contribution in [-0.2, 0) is 16.4 Å². The second-order valence-corrected chi connectivity index (χ2v) is 7.21. The van der Waals surface area contributed by atoms with Gasteiger partial charge in [0.2, 0.25) is 10.0 Å². The quantitative estimate of drug-likeness (QED) is 0.725. The first-order valence-corrected chi connectivity index (χ1v) is 9.37. The van der Waals surface area contributed by atoms with Crippen molar-refractivity contribution in [2.75, 3.05) is 20.3 Å². The van der Waals surface area contributed by atoms with Crippen LogP contribution < -0.4 is 14.2 Å². The first-order valence-electron chi connectivity index (χ1n) is 7.51. The van der Waals surface area contributed by atoms with Crippen LogP contribution in [0.2, 0.25) is 5.02 Å². The molecule has 0 bridgehead atoms. The number of halogens is 1. The van der Waals surface area contributed by atoms with Crippen molar-refractivity contribution in [2.24, 2.45) is 0 Å². The van der Waals surface area contributed by atoms with Crippen LogP contribution in [0.5, 0.6) is 11.5 Å². The molecule has 0 aliphatic rings. The van der Waals surface area contributed by atoms with Gasteiger partial charge < -0.3 is 9.47 Å². The number of methoxy groups -OCH3 is 1. The highest BCUT2D eigenvalue weighted by Crippen LogP contribution is 2.26. The lowest BCUT2D eigenvalue weighted by atomic mass is 10.2. The molecule has 2 aromatic rings. The van der Waals surface area contributed by atoms with Gasteiger partial charge in [0.25, 0.3) is 0 Å². The zero-order chi connectivity index (χ0) is 17.6. The Hall–Kier alpha value is -1.76. The van der Waals surface area contributed by atoms with Gasteiger partial charge in [0.1, 0.15) is 23.0 Å². The second kappa shape index (κ2) is 8.37. The minimum atomic E-state index is -3.73. The Kier molecular flexibility index (Phi) is 6.48. The molecule has 0 unspecified atom stereocenters. The average molecular weight is 370 g/mol. The van der Waals surface area contributed by atoms with Crippen molar-refractivity contribution >= 4 is 21.6 Å². The third-order valence-electron chi connectivity index (χ3n) is 3.41. The van der Waals surface area contributed by atoms with Crippen LogP contribution in [0.3, 0.4) is 0 Å². The van der Waals surface area contributed by atoms with Crippen molar-refractivity contribution in [2.45, 2.75) is 18.2 Å². The summed E-state index contributed by atoms with van der Waals surface area (Å²) in [5.41, 5.74) is 1.22. The summed E-state index contributed by atoms with van der Waals surface area (Å²) in [4.78, 5) is 0.00444. The van der Waals surface area contributed by atoms with Gasteiger partial charge in [-0.05, 0) is 42.3 Å². The molecule has 0 heterocycles. The lowest BCUT2D eigenvalue weighted by molar-refractivity contribution is 0.322. The van der Waals surface area contributed by atoms with Crippen molar-refractivity contribution in [1.82, 2.24) is 4.72 Å². The van der Waals surface area contributed by atoms with E-state index in [1.54, 1.807) is 6.07 Å². The lowest BCUT2D eigenvalue weighted by Gasteiger charge is -2.12. The van der Waals surface area contributed by atoms with Gasteiger partial charge in [-0.1, -0.05) is 30.7 Å². The normalized spacial score (nSPS) is 11.3. The van der Waals surface area contributed by atoms with Gasteiger partial charge in [-0.3, -0.25) is 0 Å². The van der Waals surface area contributed by atoms with Gasteiger partial charge in [0.15, 0.2) is 0 Å². The maximum Gasteiger partial charge on any atom is 0.244 e. The van der Waals surface area contributed by atoms with E-state index in [4.69, 9.17) is 21.1 Å². The Balaban J connectivity index is 1.94. The Morgan fingerprint density at radius 1 is 1.12 bits per heavy atom. The minimum absolute atomic E-state index is 0.00444. The molecule has 0 saturated heterocycles. The van der Waals surface area contributed by atoms with Crippen LogP contribution in [0, 0.1) is 0 Å². The first-order chi connectivity index (χ1) is 11.5. The fourth-order valence-corrected chi connectivity index (χ4v) is 3.55. The summed E-state index contributed by atoms with van der Waals surface area (Å²) < 4.78 is 37.8. The maximum absolute atomic E-state index is 12.4. The minimum Gasteiger partial charge on any atom is -0.495 e. The van der Waals surface area contributed by atoms with E-state index < -0.39 is 10.0 Å². The molecule has 0 amide bonds. The summed E-state index contributed by atoms with van der Waals surface area (Å²) in [7, 11) is -2.32. The van der Waals surface area contributed by atoms with E-state index >= 15 is 0 Å². The van der Waals surface area contributed by atoms with Gasteiger partial charge in [0, 0.05) is 11.6 Å². The molecule has 0 spiro atoms. The van der Waals surface area contributed by atoms with Crippen LogP contribution >= 0.6 is 11.6 Å². The highest BCUT2D eigenvalue weighted by atomic mass is 35.5. The molecule has 0 aromatic heterocycles. The van der Waals surface area contributed by atoms with E-state index in [9.17, 15) is 8.42 Å². The lowest BCUT2D eigenvalue weighted by Crippen LogP contribution is -2.28. The van der Waals surface area contributed by atoms with E-state index in [1.807, 2.05) is 24.3 Å². The van der Waals surface area contributed by atoms with Crippen LogP contribution in [0.15, 0.2) is 47.4 Å². The third kappa shape index (κ3) is 4.87. The molecule has 0 aliphatic carbocycles. The van der Waals surface area contributed by atoms with Crippen molar-refractivity contribution in [3.8, 4) is 11.5 Å². The Labute approximate surface area is 147 Å². The first kappa shape index (κ1) is 18.6. The third-order valence-corrected chi connectivity index (χ3v) is 5.13. The van der Waals surface area contributed by atoms with Gasteiger partial charge in [-0.2, -0.15) is 0 Å². The summed E-state index contributed by atoms with van der Waals surface area (Å²) in [6.07, 6.45) is 0.960. The van der Waals surface area contributed by atoms with Gasteiger partial charge >= 0.3 is 0 Å². The van der Waals surface area contributed by atoms with Gasteiger partial charge in [-0.25, -0.2) is 13.1 Å². The van der Waals surface area contributed by atoms with E-state index in [1.165, 1.54) is 24.8 Å². The SMILES string of the molecule is CCc1ccc(OCCNS(=O)(=O)c2cc(Cl)ccc2OC)cc1. The molecule has 1 N–H and O–H groups in total. The van der Waals surface area contributed by atoms with E-state index in [0.717, 1.165) is 6.42 Å². The van der Waals surface area contributed by atoms with Gasteiger partial charge in [0.05, 0.1) is 7.11 Å². The van der Waals surface area contributed by atoms with Crippen LogP contribution in [0.25, 0.3) is 0 Å². The van der Waals surface area contributed by atoms with Crippen molar-refractivity contribution in [3.63, 3.8) is 0 Å². The molecule has 0 fully saturated rings. The number of hydrogen-bond acceptors (Lipinski definition) is 4. The second-order valence-electron chi connectivity index (χ2n) is 5.04. The molecule has 0 radical (unpaired) electrons. The molecule has 7 heteroatoms. The van der Waals surface area contributed by atoms with Crippen LogP contribution in [-0.4, -0.2) is 28.7 Å². The molecule has 0 atom stereocenters. The zero-order valence-electron chi connectivity index (χ0n) is 13.6. The smallest absolute Gasteiger partial charge is 0.244 e. The number of rotatable bonds is 8. The van der Waals surface area contributed by atoms with Gasteiger partial charge in [-0.15, -0.1) is 0 Å². The molecule has 2 aromatic carbocycles. The number of hydrogen-bond donors (Lipinski definition) is 1. The molecular formula is C17H20ClNO4S. The Morgan fingerprint density at radius 3 is 2.46 bits per heavy atom. The number of sulfonamides is 1. The predicted octanol–water partition coefficient (Wildman–Crippen LogP) is 3.27. The number of aryl methyl sites for hydroxylation is 1. The largest absolute Gasteiger partial charge is 0.495 e. The highest BCUT2D eigenvalue weighted by molar-refractivity contribution is 7.89. The fourth-order valence-electron chi connectivity index (χ4n) is 2.10. The predicted molar refractivity (Wildman–Crippen MR) is 94.5 cm³/mol. The van der Waals surface area contributed by atoms with E-state index in [-0.39, 0.29) is 23.8 Å². The van der Waals surface area contributed by atoms with E-state index in [2.05, 4.69) is 11.6 Å². The fraction of sp³-hybridized carbons (Fsp3) is 0.294. The standard InChI is InChI=1S/C17H20ClNO4S/c1-3-13-4-7-15(8-5-13)23-11-10-19-24(20,21)17-12-14(18)6-9-16(17)22-2/h4-9,12,19H,3,10-11H2,1-2H3. The summed E-state index contributed by atoms with van der Waals surface area (Å²) in [5.74, 6) is 0.940. The molecule has 0 saturated carbocycles. The summed E-state index contributed by atoms with van der Waals surface area (Å²) in [5, 5.41) is 0.323. The number of benzene rings is 2. The molecule has 2 rings (SSSR count). The molecule has 0 aliphatic heterocycles. The maximum atomic E-state index is 12.4.